The number of alkyl halides is 3. The first-order valence-electron chi connectivity index (χ1n) is 6.99. The van der Waals surface area contributed by atoms with E-state index < -0.39 is 33.1 Å². The molecule has 2 unspecified atom stereocenters. The van der Waals surface area contributed by atoms with Gasteiger partial charge in [0.15, 0.2) is 0 Å². The zero-order chi connectivity index (χ0) is 16.5. The number of rotatable bonds is 3. The van der Waals surface area contributed by atoms with E-state index >= 15 is 0 Å². The molecule has 1 aromatic rings. The van der Waals surface area contributed by atoms with E-state index in [1.165, 1.54) is 19.1 Å². The maximum absolute atomic E-state index is 12.9. The fourth-order valence-corrected chi connectivity index (χ4v) is 4.30. The molecule has 1 fully saturated rings. The van der Waals surface area contributed by atoms with Crippen molar-refractivity contribution in [3.05, 3.63) is 29.3 Å². The molecule has 0 saturated heterocycles. The van der Waals surface area contributed by atoms with Gasteiger partial charge < -0.3 is 5.11 Å². The van der Waals surface area contributed by atoms with Crippen LogP contribution in [0.3, 0.4) is 0 Å². The minimum atomic E-state index is -4.55. The number of aryl methyl sites for hydroxylation is 1. The lowest BCUT2D eigenvalue weighted by atomic mass is 9.97. The fourth-order valence-electron chi connectivity index (χ4n) is 2.67. The van der Waals surface area contributed by atoms with E-state index in [-0.39, 0.29) is 11.3 Å². The standard InChI is InChI=1S/C14H18F3NO3S/c1-9-6-7-10(8-11(9)14(15,16)17)18-22(20,21)13-5-3-2-4-12(13)19/h6-8,12-13,18-19H,2-5H2,1H3. The van der Waals surface area contributed by atoms with Crippen molar-refractivity contribution in [2.75, 3.05) is 4.72 Å². The Bertz CT molecular complexity index is 643. The van der Waals surface area contributed by atoms with Crippen LogP contribution >= 0.6 is 0 Å². The first-order valence-corrected chi connectivity index (χ1v) is 8.53. The molecule has 0 spiro atoms. The Morgan fingerprint density at radius 2 is 1.86 bits per heavy atom. The molecule has 2 rings (SSSR count). The molecule has 2 N–H and O–H groups in total. The average Bonchev–Trinajstić information content (AvgIpc) is 2.39. The summed E-state index contributed by atoms with van der Waals surface area (Å²) >= 11 is 0. The van der Waals surface area contributed by atoms with Gasteiger partial charge in [-0.2, -0.15) is 13.2 Å². The molecule has 2 atom stereocenters. The predicted molar refractivity (Wildman–Crippen MR) is 77.0 cm³/mol. The molecule has 0 heterocycles. The Labute approximate surface area is 127 Å². The normalized spacial score (nSPS) is 23.3. The summed E-state index contributed by atoms with van der Waals surface area (Å²) in [7, 11) is -3.93. The first-order chi connectivity index (χ1) is 10.1. The lowest BCUT2D eigenvalue weighted by Crippen LogP contribution is -2.40. The topological polar surface area (TPSA) is 66.4 Å². The third-order valence-corrected chi connectivity index (χ3v) is 5.74. The zero-order valence-electron chi connectivity index (χ0n) is 12.0. The number of sulfonamides is 1. The Morgan fingerprint density at radius 1 is 1.23 bits per heavy atom. The number of hydrogen-bond acceptors (Lipinski definition) is 3. The second-order valence-corrected chi connectivity index (χ2v) is 7.46. The minimum absolute atomic E-state index is 0.0214. The van der Waals surface area contributed by atoms with Crippen LogP contribution < -0.4 is 4.72 Å². The molecule has 0 amide bonds. The van der Waals surface area contributed by atoms with Gasteiger partial charge in [0, 0.05) is 5.69 Å². The smallest absolute Gasteiger partial charge is 0.392 e. The average molecular weight is 337 g/mol. The van der Waals surface area contributed by atoms with Gasteiger partial charge in [-0.15, -0.1) is 0 Å². The lowest BCUT2D eigenvalue weighted by Gasteiger charge is -2.27. The van der Waals surface area contributed by atoms with Crippen molar-refractivity contribution in [3.8, 4) is 0 Å². The highest BCUT2D eigenvalue weighted by atomic mass is 32.2. The molecule has 0 aromatic heterocycles. The molecule has 0 radical (unpaired) electrons. The summed E-state index contributed by atoms with van der Waals surface area (Å²) < 4.78 is 65.3. The highest BCUT2D eigenvalue weighted by Gasteiger charge is 2.36. The Kier molecular flexibility index (Phi) is 4.72. The molecule has 1 aliphatic carbocycles. The fraction of sp³-hybridized carbons (Fsp3) is 0.571. The second kappa shape index (κ2) is 6.08. The molecule has 1 aromatic carbocycles. The number of hydrogen-bond donors (Lipinski definition) is 2. The van der Waals surface area contributed by atoms with E-state index in [2.05, 4.69) is 4.72 Å². The van der Waals surface area contributed by atoms with Crippen LogP contribution in [-0.2, 0) is 16.2 Å². The second-order valence-electron chi connectivity index (χ2n) is 5.56. The lowest BCUT2D eigenvalue weighted by molar-refractivity contribution is -0.138. The van der Waals surface area contributed by atoms with E-state index in [0.29, 0.717) is 19.3 Å². The van der Waals surface area contributed by atoms with E-state index in [9.17, 15) is 26.7 Å². The number of benzene rings is 1. The number of aliphatic hydroxyl groups excluding tert-OH is 1. The van der Waals surface area contributed by atoms with Crippen LogP contribution in [0.2, 0.25) is 0 Å². The summed E-state index contributed by atoms with van der Waals surface area (Å²) in [4.78, 5) is 0. The van der Waals surface area contributed by atoms with Crippen LogP contribution in [0.1, 0.15) is 36.8 Å². The van der Waals surface area contributed by atoms with Gasteiger partial charge in [0.05, 0.1) is 11.7 Å². The molecule has 8 heteroatoms. The van der Waals surface area contributed by atoms with Crippen molar-refractivity contribution in [3.63, 3.8) is 0 Å². The molecule has 4 nitrogen and oxygen atoms in total. The van der Waals surface area contributed by atoms with Gasteiger partial charge >= 0.3 is 6.18 Å². The van der Waals surface area contributed by atoms with Gasteiger partial charge in [0.1, 0.15) is 5.25 Å². The SMILES string of the molecule is Cc1ccc(NS(=O)(=O)C2CCCCC2O)cc1C(F)(F)F. The number of nitrogens with one attached hydrogen (secondary N) is 1. The van der Waals surface area contributed by atoms with E-state index in [0.717, 1.165) is 12.5 Å². The molecule has 22 heavy (non-hydrogen) atoms. The molecular weight excluding hydrogens is 319 g/mol. The maximum Gasteiger partial charge on any atom is 0.416 e. The summed E-state index contributed by atoms with van der Waals surface area (Å²) in [6.45, 7) is 1.31. The number of aliphatic hydroxyl groups is 1. The summed E-state index contributed by atoms with van der Waals surface area (Å²) in [5.74, 6) is 0. The molecule has 0 bridgehead atoms. The number of anilines is 1. The van der Waals surface area contributed by atoms with Gasteiger partial charge in [0.25, 0.3) is 0 Å². The Balaban J connectivity index is 2.26. The van der Waals surface area contributed by atoms with Gasteiger partial charge in [-0.3, -0.25) is 4.72 Å². The first kappa shape index (κ1) is 17.1. The summed E-state index contributed by atoms with van der Waals surface area (Å²) in [6.07, 6.45) is -3.43. The quantitative estimate of drug-likeness (QED) is 0.891. The van der Waals surface area contributed by atoms with Gasteiger partial charge in [-0.05, 0) is 37.5 Å². The van der Waals surface area contributed by atoms with Crippen molar-refractivity contribution in [1.82, 2.24) is 0 Å². The monoisotopic (exact) mass is 337 g/mol. The Morgan fingerprint density at radius 3 is 2.45 bits per heavy atom. The van der Waals surface area contributed by atoms with E-state index in [1.807, 2.05) is 0 Å². The van der Waals surface area contributed by atoms with Crippen LogP contribution in [0.4, 0.5) is 18.9 Å². The van der Waals surface area contributed by atoms with Crippen LogP contribution in [-0.4, -0.2) is 24.9 Å². The van der Waals surface area contributed by atoms with Crippen LogP contribution in [0, 0.1) is 6.92 Å². The summed E-state index contributed by atoms with van der Waals surface area (Å²) in [5, 5.41) is 8.82. The van der Waals surface area contributed by atoms with Crippen molar-refractivity contribution < 1.29 is 26.7 Å². The van der Waals surface area contributed by atoms with Gasteiger partial charge in [0.2, 0.25) is 10.0 Å². The molecule has 1 saturated carbocycles. The molecule has 1 aliphatic rings. The highest BCUT2D eigenvalue weighted by Crippen LogP contribution is 2.34. The van der Waals surface area contributed by atoms with Crippen molar-refractivity contribution in [2.24, 2.45) is 0 Å². The predicted octanol–water partition coefficient (Wildman–Crippen LogP) is 3.06. The van der Waals surface area contributed by atoms with Crippen molar-refractivity contribution in [1.29, 1.82) is 0 Å². The third-order valence-electron chi connectivity index (χ3n) is 3.87. The molecule has 0 aliphatic heterocycles. The largest absolute Gasteiger partial charge is 0.416 e. The van der Waals surface area contributed by atoms with E-state index in [1.54, 1.807) is 0 Å². The maximum atomic E-state index is 12.9. The van der Waals surface area contributed by atoms with Crippen LogP contribution in [0.5, 0.6) is 0 Å². The van der Waals surface area contributed by atoms with Crippen LogP contribution in [0.25, 0.3) is 0 Å². The van der Waals surface area contributed by atoms with Gasteiger partial charge in [-0.1, -0.05) is 18.9 Å². The molecule has 124 valence electrons. The Hall–Kier alpha value is -1.28. The van der Waals surface area contributed by atoms with E-state index in [4.69, 9.17) is 0 Å². The minimum Gasteiger partial charge on any atom is -0.392 e. The zero-order valence-corrected chi connectivity index (χ0v) is 12.8. The van der Waals surface area contributed by atoms with Crippen LogP contribution in [0.15, 0.2) is 18.2 Å². The highest BCUT2D eigenvalue weighted by molar-refractivity contribution is 7.93. The van der Waals surface area contributed by atoms with Crippen molar-refractivity contribution in [2.45, 2.75) is 50.1 Å². The molecular formula is C14H18F3NO3S. The summed E-state index contributed by atoms with van der Waals surface area (Å²) in [5.41, 5.74) is -0.999. The van der Waals surface area contributed by atoms with Gasteiger partial charge in [-0.25, -0.2) is 8.42 Å². The summed E-state index contributed by atoms with van der Waals surface area (Å²) in [6, 6.07) is 3.29. The van der Waals surface area contributed by atoms with Crippen molar-refractivity contribution >= 4 is 15.7 Å². The third kappa shape index (κ3) is 3.73. The number of halogens is 3.